The van der Waals surface area contributed by atoms with Crippen LogP contribution in [0, 0.1) is 11.8 Å². The number of amides is 2. The normalized spacial score (nSPS) is 11.8. The quantitative estimate of drug-likeness (QED) is 0.648. The van der Waals surface area contributed by atoms with E-state index in [2.05, 4.69) is 5.32 Å². The van der Waals surface area contributed by atoms with E-state index in [-0.39, 0.29) is 25.6 Å². The van der Waals surface area contributed by atoms with Crippen molar-refractivity contribution in [3.63, 3.8) is 0 Å². The maximum absolute atomic E-state index is 11.9. The Morgan fingerprint density at radius 2 is 1.85 bits per heavy atom. The Kier molecular flexibility index (Phi) is 8.35. The van der Waals surface area contributed by atoms with E-state index in [0.29, 0.717) is 6.54 Å². The number of nitrogens with zero attached hydrogens (tertiary/aromatic N) is 1. The summed E-state index contributed by atoms with van der Waals surface area (Å²) < 4.78 is 4.77. The first kappa shape index (κ1) is 18.2. The molecule has 0 aromatic rings. The number of carbonyl (C=O) groups excluding carboxylic acids is 2. The Morgan fingerprint density at radius 1 is 1.25 bits per heavy atom. The van der Waals surface area contributed by atoms with Crippen LogP contribution in [-0.4, -0.2) is 54.2 Å². The largest absolute Gasteiger partial charge is 0.481 e. The van der Waals surface area contributed by atoms with Gasteiger partial charge in [-0.15, -0.1) is 0 Å². The van der Waals surface area contributed by atoms with Crippen molar-refractivity contribution in [1.82, 2.24) is 10.2 Å². The summed E-state index contributed by atoms with van der Waals surface area (Å²) in [6, 6.07) is -0.465. The maximum Gasteiger partial charge on any atom is 0.325 e. The van der Waals surface area contributed by atoms with E-state index < -0.39 is 23.9 Å². The topological polar surface area (TPSA) is 95.9 Å². The number of esters is 1. The van der Waals surface area contributed by atoms with Crippen molar-refractivity contribution in [2.75, 3.05) is 26.2 Å². The van der Waals surface area contributed by atoms with Gasteiger partial charge in [0.15, 0.2) is 0 Å². The van der Waals surface area contributed by atoms with E-state index in [0.717, 1.165) is 0 Å². The average molecular weight is 288 g/mol. The molecular formula is C13H24N2O5. The molecule has 0 aliphatic rings. The molecule has 7 nitrogen and oxygen atoms in total. The Bertz CT molecular complexity index is 344. The van der Waals surface area contributed by atoms with E-state index in [9.17, 15) is 14.4 Å². The average Bonchev–Trinajstić information content (AvgIpc) is 2.35. The first-order valence-corrected chi connectivity index (χ1v) is 6.74. The van der Waals surface area contributed by atoms with Gasteiger partial charge in [0, 0.05) is 13.1 Å². The van der Waals surface area contributed by atoms with Crippen LogP contribution >= 0.6 is 0 Å². The van der Waals surface area contributed by atoms with Gasteiger partial charge in [-0.1, -0.05) is 13.8 Å². The standard InChI is InChI=1S/C13H24N2O5/c1-5-15(8-11(16)20-6-2)13(19)14-7-10(9(3)4)12(17)18/h9-10H,5-8H2,1-4H3,(H,14,19)(H,17,18). The first-order valence-electron chi connectivity index (χ1n) is 6.74. The van der Waals surface area contributed by atoms with Gasteiger partial charge in [-0.05, 0) is 19.8 Å². The molecule has 2 N–H and O–H groups in total. The third-order valence-electron chi connectivity index (χ3n) is 2.89. The third kappa shape index (κ3) is 6.40. The van der Waals surface area contributed by atoms with Crippen molar-refractivity contribution >= 4 is 18.0 Å². The van der Waals surface area contributed by atoms with Gasteiger partial charge < -0.3 is 20.1 Å². The van der Waals surface area contributed by atoms with Crippen LogP contribution in [0.1, 0.15) is 27.7 Å². The predicted molar refractivity (Wildman–Crippen MR) is 73.2 cm³/mol. The summed E-state index contributed by atoms with van der Waals surface area (Å²) in [5.74, 6) is -2.18. The maximum atomic E-state index is 11.9. The van der Waals surface area contributed by atoms with Crippen LogP contribution < -0.4 is 5.32 Å². The highest BCUT2D eigenvalue weighted by molar-refractivity contribution is 5.81. The molecule has 0 fully saturated rings. The minimum Gasteiger partial charge on any atom is -0.481 e. The molecule has 0 aromatic carbocycles. The summed E-state index contributed by atoms with van der Waals surface area (Å²) in [7, 11) is 0. The van der Waals surface area contributed by atoms with Crippen molar-refractivity contribution in [2.24, 2.45) is 11.8 Å². The molecule has 0 aliphatic heterocycles. The second-order valence-electron chi connectivity index (χ2n) is 4.69. The molecule has 2 amide bonds. The summed E-state index contributed by atoms with van der Waals surface area (Å²) >= 11 is 0. The second-order valence-corrected chi connectivity index (χ2v) is 4.69. The number of hydrogen-bond donors (Lipinski definition) is 2. The molecule has 20 heavy (non-hydrogen) atoms. The molecule has 0 bridgehead atoms. The van der Waals surface area contributed by atoms with E-state index in [1.807, 2.05) is 0 Å². The van der Waals surface area contributed by atoms with Gasteiger partial charge in [-0.3, -0.25) is 9.59 Å². The molecule has 0 spiro atoms. The van der Waals surface area contributed by atoms with E-state index >= 15 is 0 Å². The van der Waals surface area contributed by atoms with E-state index in [1.54, 1.807) is 27.7 Å². The fraction of sp³-hybridized carbons (Fsp3) is 0.769. The number of carboxylic acid groups (broad SMARTS) is 1. The summed E-state index contributed by atoms with van der Waals surface area (Å²) in [5.41, 5.74) is 0. The zero-order valence-corrected chi connectivity index (χ0v) is 12.5. The molecule has 7 heteroatoms. The lowest BCUT2D eigenvalue weighted by atomic mass is 9.96. The SMILES string of the molecule is CCOC(=O)CN(CC)C(=O)NCC(C(=O)O)C(C)C. The monoisotopic (exact) mass is 288 g/mol. The van der Waals surface area contributed by atoms with Crippen molar-refractivity contribution in [1.29, 1.82) is 0 Å². The third-order valence-corrected chi connectivity index (χ3v) is 2.89. The van der Waals surface area contributed by atoms with E-state index in [1.165, 1.54) is 4.90 Å². The molecule has 0 aromatic heterocycles. The predicted octanol–water partition coefficient (Wildman–Crippen LogP) is 0.938. The molecule has 0 rings (SSSR count). The van der Waals surface area contributed by atoms with E-state index in [4.69, 9.17) is 9.84 Å². The minimum atomic E-state index is -0.950. The number of carboxylic acids is 1. The van der Waals surface area contributed by atoms with Gasteiger partial charge >= 0.3 is 18.0 Å². The number of likely N-dealkylation sites (N-methyl/N-ethyl adjacent to an activating group) is 1. The Balaban J connectivity index is 4.41. The van der Waals surface area contributed by atoms with Crippen molar-refractivity contribution in [2.45, 2.75) is 27.7 Å². The van der Waals surface area contributed by atoms with Crippen LogP contribution in [0.15, 0.2) is 0 Å². The Labute approximate surface area is 119 Å². The highest BCUT2D eigenvalue weighted by Crippen LogP contribution is 2.09. The number of rotatable bonds is 8. The number of hydrogen-bond acceptors (Lipinski definition) is 4. The number of ether oxygens (including phenoxy) is 1. The zero-order valence-electron chi connectivity index (χ0n) is 12.5. The van der Waals surface area contributed by atoms with Gasteiger partial charge in [0.25, 0.3) is 0 Å². The van der Waals surface area contributed by atoms with Crippen LogP contribution in [-0.2, 0) is 14.3 Å². The molecule has 1 atom stereocenters. The van der Waals surface area contributed by atoms with Crippen LogP contribution in [0.4, 0.5) is 4.79 Å². The zero-order chi connectivity index (χ0) is 15.7. The van der Waals surface area contributed by atoms with Gasteiger partial charge in [0.05, 0.1) is 12.5 Å². The molecule has 116 valence electrons. The fourth-order valence-electron chi connectivity index (χ4n) is 1.61. The number of nitrogens with one attached hydrogen (secondary N) is 1. The minimum absolute atomic E-state index is 0.0329. The molecule has 0 saturated carbocycles. The summed E-state index contributed by atoms with van der Waals surface area (Å²) in [6.45, 7) is 7.46. The smallest absolute Gasteiger partial charge is 0.325 e. The fourth-order valence-corrected chi connectivity index (χ4v) is 1.61. The van der Waals surface area contributed by atoms with Crippen LogP contribution in [0.3, 0.4) is 0 Å². The van der Waals surface area contributed by atoms with Crippen molar-refractivity contribution in [3.05, 3.63) is 0 Å². The molecule has 1 unspecified atom stereocenters. The number of carbonyl (C=O) groups is 3. The molecule has 0 heterocycles. The molecule has 0 aliphatic carbocycles. The first-order chi connectivity index (χ1) is 9.33. The Hall–Kier alpha value is -1.79. The van der Waals surface area contributed by atoms with Gasteiger partial charge in [-0.25, -0.2) is 4.79 Å². The lowest BCUT2D eigenvalue weighted by Crippen LogP contribution is -2.45. The number of urea groups is 1. The summed E-state index contributed by atoms with van der Waals surface area (Å²) in [5, 5.41) is 11.6. The van der Waals surface area contributed by atoms with Crippen LogP contribution in [0.25, 0.3) is 0 Å². The second kappa shape index (κ2) is 9.17. The highest BCUT2D eigenvalue weighted by Gasteiger charge is 2.23. The summed E-state index contributed by atoms with van der Waals surface area (Å²) in [4.78, 5) is 35.5. The van der Waals surface area contributed by atoms with Crippen molar-refractivity contribution < 1.29 is 24.2 Å². The highest BCUT2D eigenvalue weighted by atomic mass is 16.5. The van der Waals surface area contributed by atoms with Crippen LogP contribution in [0.2, 0.25) is 0 Å². The Morgan fingerprint density at radius 3 is 2.25 bits per heavy atom. The molecule has 0 radical (unpaired) electrons. The van der Waals surface area contributed by atoms with Crippen molar-refractivity contribution in [3.8, 4) is 0 Å². The number of aliphatic carboxylic acids is 1. The lowest BCUT2D eigenvalue weighted by molar-refractivity contribution is -0.144. The van der Waals surface area contributed by atoms with Crippen LogP contribution in [0.5, 0.6) is 0 Å². The van der Waals surface area contributed by atoms with Gasteiger partial charge in [-0.2, -0.15) is 0 Å². The lowest BCUT2D eigenvalue weighted by Gasteiger charge is -2.22. The van der Waals surface area contributed by atoms with Gasteiger partial charge in [0.2, 0.25) is 0 Å². The molecular weight excluding hydrogens is 264 g/mol. The summed E-state index contributed by atoms with van der Waals surface area (Å²) in [6.07, 6.45) is 0. The van der Waals surface area contributed by atoms with Gasteiger partial charge in [0.1, 0.15) is 6.54 Å². The molecule has 0 saturated heterocycles.